The molecule has 0 radical (unpaired) electrons. The molecule has 2 bridgehead atoms. The second-order valence-electron chi connectivity index (χ2n) is 6.04. The van der Waals surface area contributed by atoms with Gasteiger partial charge >= 0.3 is 0 Å². The van der Waals surface area contributed by atoms with Crippen LogP contribution in [0.15, 0.2) is 24.3 Å². The minimum atomic E-state index is -0.0940. The van der Waals surface area contributed by atoms with Gasteiger partial charge in [-0.2, -0.15) is 0 Å². The van der Waals surface area contributed by atoms with Crippen molar-refractivity contribution < 1.29 is 4.79 Å². The van der Waals surface area contributed by atoms with E-state index in [-0.39, 0.29) is 10.8 Å². The van der Waals surface area contributed by atoms with Crippen LogP contribution in [0.25, 0.3) is 0 Å². The first kappa shape index (κ1) is 11.6. The lowest BCUT2D eigenvalue weighted by Crippen LogP contribution is -2.33. The molecule has 2 fully saturated rings. The summed E-state index contributed by atoms with van der Waals surface area (Å²) in [6.07, 6.45) is 8.53. The molecule has 0 aromatic heterocycles. The van der Waals surface area contributed by atoms with Gasteiger partial charge in [0.15, 0.2) is 0 Å². The van der Waals surface area contributed by atoms with Crippen molar-refractivity contribution in [2.75, 3.05) is 0 Å². The SMILES string of the molecule is C=C(C)C/C=C\[C@@]1(C)[C@H]2CC[C@]1(C)C(=O)C2. The van der Waals surface area contributed by atoms with E-state index in [4.69, 9.17) is 0 Å². The first-order valence-electron chi connectivity index (χ1n) is 6.25. The Morgan fingerprint density at radius 2 is 2.25 bits per heavy atom. The fourth-order valence-electron chi connectivity index (χ4n) is 3.51. The lowest BCUT2D eigenvalue weighted by atomic mass is 9.69. The van der Waals surface area contributed by atoms with Gasteiger partial charge < -0.3 is 0 Å². The highest BCUT2D eigenvalue weighted by molar-refractivity contribution is 5.89. The molecule has 0 unspecified atom stereocenters. The summed E-state index contributed by atoms with van der Waals surface area (Å²) in [5.41, 5.74) is 1.18. The third-order valence-corrected chi connectivity index (χ3v) is 5.01. The number of hydrogen-bond donors (Lipinski definition) is 0. The van der Waals surface area contributed by atoms with E-state index in [2.05, 4.69) is 32.6 Å². The number of carbonyl (C=O) groups is 1. The fourth-order valence-corrected chi connectivity index (χ4v) is 3.51. The summed E-state index contributed by atoms with van der Waals surface area (Å²) < 4.78 is 0. The number of rotatable bonds is 3. The molecule has 1 heteroatoms. The van der Waals surface area contributed by atoms with Crippen LogP contribution in [-0.2, 0) is 4.79 Å². The summed E-state index contributed by atoms with van der Waals surface area (Å²) in [7, 11) is 0. The molecule has 2 aliphatic carbocycles. The van der Waals surface area contributed by atoms with Gasteiger partial charge in [-0.25, -0.2) is 0 Å². The molecule has 3 atom stereocenters. The van der Waals surface area contributed by atoms with Gasteiger partial charge in [-0.15, -0.1) is 0 Å². The molecule has 2 saturated carbocycles. The number of fused-ring (bicyclic) bond motifs is 2. The van der Waals surface area contributed by atoms with Crippen LogP contribution in [0, 0.1) is 16.7 Å². The van der Waals surface area contributed by atoms with Crippen molar-refractivity contribution in [2.24, 2.45) is 16.7 Å². The van der Waals surface area contributed by atoms with Gasteiger partial charge in [0.25, 0.3) is 0 Å². The zero-order chi connectivity index (χ0) is 12.0. The van der Waals surface area contributed by atoms with Crippen molar-refractivity contribution in [3.8, 4) is 0 Å². The molecule has 0 saturated heterocycles. The Kier molecular flexibility index (Phi) is 2.60. The monoisotopic (exact) mass is 218 g/mol. The lowest BCUT2D eigenvalue weighted by Gasteiger charge is -2.33. The highest BCUT2D eigenvalue weighted by Gasteiger charge is 2.62. The summed E-state index contributed by atoms with van der Waals surface area (Å²) >= 11 is 0. The van der Waals surface area contributed by atoms with Gasteiger partial charge in [0.05, 0.1) is 0 Å². The van der Waals surface area contributed by atoms with Crippen LogP contribution < -0.4 is 0 Å². The maximum absolute atomic E-state index is 12.0. The van der Waals surface area contributed by atoms with Crippen molar-refractivity contribution in [3.05, 3.63) is 24.3 Å². The standard InChI is InChI=1S/C15H22O/c1-11(2)6-5-8-14(3)12-7-9-15(14,4)13(16)10-12/h5,8,12H,1,6-7,9-10H2,2-4H3/b8-5-/t12-,14-,15+/m0/s1. The summed E-state index contributed by atoms with van der Waals surface area (Å²) in [5.74, 6) is 1.05. The molecule has 2 aliphatic rings. The highest BCUT2D eigenvalue weighted by atomic mass is 16.1. The summed E-state index contributed by atoms with van der Waals surface area (Å²) in [6.45, 7) is 10.4. The molecular formula is C15H22O. The molecule has 0 amide bonds. The Hall–Kier alpha value is -0.850. The third kappa shape index (κ3) is 1.41. The zero-order valence-corrected chi connectivity index (χ0v) is 10.7. The number of Topliss-reactive ketones (excluding diaryl/α,β-unsaturated/α-hetero) is 1. The van der Waals surface area contributed by atoms with Crippen molar-refractivity contribution in [1.29, 1.82) is 0 Å². The van der Waals surface area contributed by atoms with Crippen LogP contribution in [0.3, 0.4) is 0 Å². The molecule has 0 aromatic carbocycles. The topological polar surface area (TPSA) is 17.1 Å². The first-order valence-corrected chi connectivity index (χ1v) is 6.25. The molecule has 1 nitrogen and oxygen atoms in total. The van der Waals surface area contributed by atoms with E-state index in [0.29, 0.717) is 11.7 Å². The van der Waals surface area contributed by atoms with Crippen molar-refractivity contribution in [3.63, 3.8) is 0 Å². The molecule has 0 aliphatic heterocycles. The van der Waals surface area contributed by atoms with E-state index in [1.807, 2.05) is 6.92 Å². The highest BCUT2D eigenvalue weighted by Crippen LogP contribution is 2.64. The minimum absolute atomic E-state index is 0.0940. The summed E-state index contributed by atoms with van der Waals surface area (Å²) in [4.78, 5) is 12.0. The van der Waals surface area contributed by atoms with Crippen LogP contribution in [0.4, 0.5) is 0 Å². The Balaban J connectivity index is 2.22. The lowest BCUT2D eigenvalue weighted by molar-refractivity contribution is -0.127. The number of hydrogen-bond acceptors (Lipinski definition) is 1. The quantitative estimate of drug-likeness (QED) is 0.656. The van der Waals surface area contributed by atoms with Crippen LogP contribution in [0.2, 0.25) is 0 Å². The Morgan fingerprint density at radius 1 is 1.56 bits per heavy atom. The Bertz CT molecular complexity index is 366. The van der Waals surface area contributed by atoms with Gasteiger partial charge in [0, 0.05) is 17.3 Å². The largest absolute Gasteiger partial charge is 0.299 e. The second-order valence-corrected chi connectivity index (χ2v) is 6.04. The van der Waals surface area contributed by atoms with E-state index in [0.717, 1.165) is 19.3 Å². The van der Waals surface area contributed by atoms with Gasteiger partial charge in [0.2, 0.25) is 0 Å². The van der Waals surface area contributed by atoms with Gasteiger partial charge in [-0.1, -0.05) is 38.2 Å². The van der Waals surface area contributed by atoms with Gasteiger partial charge in [0.1, 0.15) is 5.78 Å². The molecule has 0 heterocycles. The van der Waals surface area contributed by atoms with Gasteiger partial charge in [-0.3, -0.25) is 4.79 Å². The summed E-state index contributed by atoms with van der Waals surface area (Å²) in [5, 5.41) is 0. The second kappa shape index (κ2) is 3.58. The molecule has 0 aromatic rings. The van der Waals surface area contributed by atoms with Crippen LogP contribution in [0.1, 0.15) is 46.5 Å². The van der Waals surface area contributed by atoms with E-state index in [1.54, 1.807) is 0 Å². The normalized spacial score (nSPS) is 42.2. The Morgan fingerprint density at radius 3 is 2.69 bits per heavy atom. The van der Waals surface area contributed by atoms with Crippen molar-refractivity contribution >= 4 is 5.78 Å². The van der Waals surface area contributed by atoms with E-state index < -0.39 is 0 Å². The number of allylic oxidation sites excluding steroid dienone is 3. The van der Waals surface area contributed by atoms with Gasteiger partial charge in [-0.05, 0) is 32.1 Å². The Labute approximate surface area is 98.6 Å². The molecular weight excluding hydrogens is 196 g/mol. The van der Waals surface area contributed by atoms with E-state index in [9.17, 15) is 4.79 Å². The first-order chi connectivity index (χ1) is 7.40. The average molecular weight is 218 g/mol. The predicted octanol–water partition coefficient (Wildman–Crippen LogP) is 3.90. The molecule has 16 heavy (non-hydrogen) atoms. The average Bonchev–Trinajstić information content (AvgIpc) is 2.52. The molecule has 0 N–H and O–H groups in total. The summed E-state index contributed by atoms with van der Waals surface area (Å²) in [6, 6.07) is 0. The van der Waals surface area contributed by atoms with Crippen molar-refractivity contribution in [1.82, 2.24) is 0 Å². The molecule has 2 rings (SSSR count). The maximum atomic E-state index is 12.0. The van der Waals surface area contributed by atoms with Crippen LogP contribution in [-0.4, -0.2) is 5.78 Å². The van der Waals surface area contributed by atoms with E-state index in [1.165, 1.54) is 12.0 Å². The van der Waals surface area contributed by atoms with Crippen LogP contribution in [0.5, 0.6) is 0 Å². The number of carbonyl (C=O) groups excluding carboxylic acids is 1. The number of ketones is 1. The minimum Gasteiger partial charge on any atom is -0.299 e. The predicted molar refractivity (Wildman–Crippen MR) is 67.1 cm³/mol. The zero-order valence-electron chi connectivity index (χ0n) is 10.7. The molecule has 88 valence electrons. The third-order valence-electron chi connectivity index (χ3n) is 5.01. The molecule has 0 spiro atoms. The van der Waals surface area contributed by atoms with Crippen LogP contribution >= 0.6 is 0 Å². The fraction of sp³-hybridized carbons (Fsp3) is 0.667. The van der Waals surface area contributed by atoms with E-state index >= 15 is 0 Å². The smallest absolute Gasteiger partial charge is 0.139 e. The maximum Gasteiger partial charge on any atom is 0.139 e. The van der Waals surface area contributed by atoms with Crippen molar-refractivity contribution in [2.45, 2.75) is 46.5 Å².